The lowest BCUT2D eigenvalue weighted by atomic mass is 10.1. The standard InChI is InChI=1S/C28H24ClN3O3S/c1-35-25-17-14-22(18-24(25)29)30-27(33)26(19-8-4-2-5-9-19)36-23-15-12-21(13-16-23)32-28(34)31-20-10-6-3-7-11-20/h2-18,26H,1H3,(H,30,33)(H2,31,32,34). The topological polar surface area (TPSA) is 79.5 Å². The van der Waals surface area contributed by atoms with Crippen LogP contribution in [0.1, 0.15) is 10.8 Å². The number of amides is 3. The van der Waals surface area contributed by atoms with Crippen molar-refractivity contribution in [1.29, 1.82) is 0 Å². The first-order valence-corrected chi connectivity index (χ1v) is 12.4. The van der Waals surface area contributed by atoms with E-state index in [1.807, 2.05) is 72.8 Å². The number of anilines is 3. The fourth-order valence-electron chi connectivity index (χ4n) is 3.42. The molecule has 3 N–H and O–H groups in total. The zero-order chi connectivity index (χ0) is 25.3. The minimum absolute atomic E-state index is 0.183. The molecule has 6 nitrogen and oxygen atoms in total. The Morgan fingerprint density at radius 1 is 0.750 bits per heavy atom. The predicted octanol–water partition coefficient (Wildman–Crippen LogP) is 7.46. The molecule has 4 aromatic rings. The first kappa shape index (κ1) is 25.2. The molecule has 0 saturated carbocycles. The van der Waals surface area contributed by atoms with Gasteiger partial charge in [-0.25, -0.2) is 4.79 Å². The number of urea groups is 1. The smallest absolute Gasteiger partial charge is 0.323 e. The fraction of sp³-hybridized carbons (Fsp3) is 0.0714. The number of para-hydroxylation sites is 1. The van der Waals surface area contributed by atoms with E-state index in [4.69, 9.17) is 16.3 Å². The molecular formula is C28H24ClN3O3S. The third-order valence-electron chi connectivity index (χ3n) is 5.16. The average molecular weight is 518 g/mol. The third-order valence-corrected chi connectivity index (χ3v) is 6.72. The summed E-state index contributed by atoms with van der Waals surface area (Å²) < 4.78 is 5.19. The summed E-state index contributed by atoms with van der Waals surface area (Å²) in [5, 5.41) is 8.45. The maximum Gasteiger partial charge on any atom is 0.323 e. The van der Waals surface area contributed by atoms with Crippen molar-refractivity contribution in [1.82, 2.24) is 0 Å². The van der Waals surface area contributed by atoms with Crippen LogP contribution in [0.25, 0.3) is 0 Å². The van der Waals surface area contributed by atoms with Gasteiger partial charge < -0.3 is 20.7 Å². The van der Waals surface area contributed by atoms with Crippen molar-refractivity contribution in [3.8, 4) is 5.75 Å². The van der Waals surface area contributed by atoms with Crippen LogP contribution in [0, 0.1) is 0 Å². The summed E-state index contributed by atoms with van der Waals surface area (Å²) in [5.74, 6) is 0.353. The Bertz CT molecular complexity index is 1320. The number of carbonyl (C=O) groups is 2. The number of hydrogen-bond acceptors (Lipinski definition) is 4. The Morgan fingerprint density at radius 3 is 1.94 bits per heavy atom. The van der Waals surface area contributed by atoms with Gasteiger partial charge in [0.25, 0.3) is 0 Å². The van der Waals surface area contributed by atoms with Crippen LogP contribution in [0.4, 0.5) is 21.9 Å². The third kappa shape index (κ3) is 6.81. The quantitative estimate of drug-likeness (QED) is 0.212. The Balaban J connectivity index is 1.45. The van der Waals surface area contributed by atoms with Crippen LogP contribution in [-0.2, 0) is 4.79 Å². The highest BCUT2D eigenvalue weighted by Gasteiger charge is 2.22. The number of ether oxygens (including phenoxy) is 1. The second kappa shape index (κ2) is 12.2. The predicted molar refractivity (Wildman–Crippen MR) is 147 cm³/mol. The number of thioether (sulfide) groups is 1. The summed E-state index contributed by atoms with van der Waals surface area (Å²) in [6.45, 7) is 0. The van der Waals surface area contributed by atoms with E-state index < -0.39 is 5.25 Å². The number of methoxy groups -OCH3 is 1. The first-order chi connectivity index (χ1) is 17.5. The summed E-state index contributed by atoms with van der Waals surface area (Å²) in [4.78, 5) is 26.4. The van der Waals surface area contributed by atoms with Gasteiger partial charge in [-0.1, -0.05) is 60.1 Å². The maximum absolute atomic E-state index is 13.3. The number of rotatable bonds is 8. The molecule has 0 spiro atoms. The summed E-state index contributed by atoms with van der Waals surface area (Å²) in [5.41, 5.74) is 2.79. The van der Waals surface area contributed by atoms with Gasteiger partial charge in [0.15, 0.2) is 0 Å². The molecule has 0 aliphatic carbocycles. The van der Waals surface area contributed by atoms with Crippen molar-refractivity contribution in [3.63, 3.8) is 0 Å². The van der Waals surface area contributed by atoms with Crippen molar-refractivity contribution < 1.29 is 14.3 Å². The maximum atomic E-state index is 13.3. The molecule has 0 bridgehead atoms. The number of nitrogens with one attached hydrogen (secondary N) is 3. The van der Waals surface area contributed by atoms with Crippen LogP contribution in [-0.4, -0.2) is 19.0 Å². The van der Waals surface area contributed by atoms with Crippen molar-refractivity contribution in [2.75, 3.05) is 23.1 Å². The van der Waals surface area contributed by atoms with E-state index in [9.17, 15) is 9.59 Å². The lowest BCUT2D eigenvalue weighted by Crippen LogP contribution is -2.19. The van der Waals surface area contributed by atoms with E-state index in [1.54, 1.807) is 30.3 Å². The van der Waals surface area contributed by atoms with Crippen LogP contribution in [0.3, 0.4) is 0 Å². The van der Waals surface area contributed by atoms with Crippen LogP contribution in [0.15, 0.2) is 108 Å². The van der Waals surface area contributed by atoms with Crippen LogP contribution >= 0.6 is 23.4 Å². The number of carbonyl (C=O) groups excluding carboxylic acids is 2. The van der Waals surface area contributed by atoms with Gasteiger partial charge in [0.05, 0.1) is 12.1 Å². The van der Waals surface area contributed by atoms with E-state index >= 15 is 0 Å². The van der Waals surface area contributed by atoms with Crippen molar-refractivity contribution in [2.45, 2.75) is 10.1 Å². The molecule has 3 amide bonds. The van der Waals surface area contributed by atoms with Crippen molar-refractivity contribution >= 4 is 52.4 Å². The Hall–Kier alpha value is -3.94. The van der Waals surface area contributed by atoms with E-state index in [2.05, 4.69) is 16.0 Å². The van der Waals surface area contributed by atoms with Gasteiger partial charge in [0.2, 0.25) is 5.91 Å². The Labute approximate surface area is 219 Å². The summed E-state index contributed by atoms with van der Waals surface area (Å²) >= 11 is 7.63. The highest BCUT2D eigenvalue weighted by Crippen LogP contribution is 2.37. The molecule has 4 aromatic carbocycles. The number of hydrogen-bond donors (Lipinski definition) is 3. The minimum atomic E-state index is -0.507. The van der Waals surface area contributed by atoms with Gasteiger partial charge in [-0.15, -0.1) is 11.8 Å². The molecule has 36 heavy (non-hydrogen) atoms. The second-order valence-electron chi connectivity index (χ2n) is 7.72. The van der Waals surface area contributed by atoms with Crippen LogP contribution in [0.5, 0.6) is 5.75 Å². The molecule has 8 heteroatoms. The molecule has 182 valence electrons. The van der Waals surface area contributed by atoms with Gasteiger partial charge in [-0.3, -0.25) is 4.79 Å². The SMILES string of the molecule is COc1ccc(NC(=O)C(Sc2ccc(NC(=O)Nc3ccccc3)cc2)c2ccccc2)cc1Cl. The highest BCUT2D eigenvalue weighted by molar-refractivity contribution is 8.00. The van der Waals surface area contributed by atoms with Crippen LogP contribution < -0.4 is 20.7 Å². The average Bonchev–Trinajstić information content (AvgIpc) is 2.89. The molecule has 0 radical (unpaired) electrons. The zero-order valence-electron chi connectivity index (χ0n) is 19.4. The lowest BCUT2D eigenvalue weighted by molar-refractivity contribution is -0.115. The lowest BCUT2D eigenvalue weighted by Gasteiger charge is -2.18. The summed E-state index contributed by atoms with van der Waals surface area (Å²) in [7, 11) is 1.54. The van der Waals surface area contributed by atoms with E-state index in [1.165, 1.54) is 18.9 Å². The Kier molecular flexibility index (Phi) is 8.49. The summed E-state index contributed by atoms with van der Waals surface area (Å²) in [6, 6.07) is 30.9. The fourth-order valence-corrected chi connectivity index (χ4v) is 4.70. The van der Waals surface area contributed by atoms with Crippen molar-refractivity contribution in [3.05, 3.63) is 114 Å². The van der Waals surface area contributed by atoms with E-state index in [0.29, 0.717) is 27.8 Å². The first-order valence-electron chi connectivity index (χ1n) is 11.1. The van der Waals surface area contributed by atoms with Gasteiger partial charge >= 0.3 is 6.03 Å². The van der Waals surface area contributed by atoms with Gasteiger partial charge in [-0.2, -0.15) is 0 Å². The molecule has 0 aliphatic rings. The van der Waals surface area contributed by atoms with Gasteiger partial charge in [0.1, 0.15) is 11.0 Å². The number of halogens is 1. The molecule has 0 aliphatic heterocycles. The van der Waals surface area contributed by atoms with E-state index in [0.717, 1.165) is 10.5 Å². The molecule has 0 fully saturated rings. The van der Waals surface area contributed by atoms with Crippen LogP contribution in [0.2, 0.25) is 5.02 Å². The Morgan fingerprint density at radius 2 is 1.33 bits per heavy atom. The van der Waals surface area contributed by atoms with E-state index in [-0.39, 0.29) is 11.9 Å². The summed E-state index contributed by atoms with van der Waals surface area (Å²) in [6.07, 6.45) is 0. The zero-order valence-corrected chi connectivity index (χ0v) is 21.0. The second-order valence-corrected chi connectivity index (χ2v) is 9.30. The highest BCUT2D eigenvalue weighted by atomic mass is 35.5. The van der Waals surface area contributed by atoms with Gasteiger partial charge in [0, 0.05) is 22.0 Å². The molecule has 0 heterocycles. The molecule has 4 rings (SSSR count). The van der Waals surface area contributed by atoms with Gasteiger partial charge in [-0.05, 0) is 60.2 Å². The minimum Gasteiger partial charge on any atom is -0.495 e. The van der Waals surface area contributed by atoms with Crippen molar-refractivity contribution in [2.24, 2.45) is 0 Å². The molecule has 0 aromatic heterocycles. The largest absolute Gasteiger partial charge is 0.495 e. The monoisotopic (exact) mass is 517 g/mol. The molecule has 1 atom stereocenters. The molecular weight excluding hydrogens is 494 g/mol. The number of benzene rings is 4. The molecule has 0 saturated heterocycles. The molecule has 1 unspecified atom stereocenters. The normalized spacial score (nSPS) is 11.3.